The molecule has 0 aliphatic carbocycles. The average Bonchev–Trinajstić information content (AvgIpc) is 2.47. The van der Waals surface area contributed by atoms with Crippen molar-refractivity contribution in [1.82, 2.24) is 0 Å². The minimum absolute atomic E-state index is 0.0633. The van der Waals surface area contributed by atoms with E-state index in [1.54, 1.807) is 18.2 Å². The highest BCUT2D eigenvalue weighted by Gasteiger charge is 2.20. The van der Waals surface area contributed by atoms with Crippen LogP contribution in [0.25, 0.3) is 0 Å². The zero-order valence-electron chi connectivity index (χ0n) is 12.1. The van der Waals surface area contributed by atoms with Gasteiger partial charge in [-0.2, -0.15) is 0 Å². The molecule has 22 heavy (non-hydrogen) atoms. The van der Waals surface area contributed by atoms with Crippen LogP contribution in [0.2, 0.25) is 0 Å². The molecule has 1 heterocycles. The van der Waals surface area contributed by atoms with E-state index in [0.29, 0.717) is 50.8 Å². The molecule has 8 heteroatoms. The van der Waals surface area contributed by atoms with Crippen LogP contribution in [-0.2, 0) is 41.2 Å². The minimum atomic E-state index is -3.89. The summed E-state index contributed by atoms with van der Waals surface area (Å²) < 4.78 is 45.3. The van der Waals surface area contributed by atoms with Crippen LogP contribution in [0.5, 0.6) is 0 Å². The van der Waals surface area contributed by atoms with Crippen molar-refractivity contribution in [3.63, 3.8) is 0 Å². The number of benzene rings is 1. The summed E-state index contributed by atoms with van der Waals surface area (Å²) in [6, 6.07) is 5.12. The molecule has 0 amide bonds. The molecule has 124 valence electrons. The van der Waals surface area contributed by atoms with Gasteiger partial charge in [0.25, 0.3) is 9.05 Å². The highest BCUT2D eigenvalue weighted by Crippen LogP contribution is 2.26. The maximum absolute atomic E-state index is 11.9. The molecule has 0 aromatic heterocycles. The first-order valence-corrected chi connectivity index (χ1v) is 9.26. The number of halogens is 1. The highest BCUT2D eigenvalue weighted by atomic mass is 35.7. The van der Waals surface area contributed by atoms with Gasteiger partial charge in [0, 0.05) is 10.7 Å². The van der Waals surface area contributed by atoms with Crippen molar-refractivity contribution in [1.29, 1.82) is 0 Å². The minimum Gasteiger partial charge on any atom is -0.377 e. The van der Waals surface area contributed by atoms with Crippen LogP contribution in [0.15, 0.2) is 23.1 Å². The number of ether oxygens (including phenoxy) is 4. The molecule has 0 fully saturated rings. The fourth-order valence-electron chi connectivity index (χ4n) is 2.10. The van der Waals surface area contributed by atoms with Gasteiger partial charge in [-0.25, -0.2) is 8.42 Å². The summed E-state index contributed by atoms with van der Waals surface area (Å²) in [5, 5.41) is 0. The lowest BCUT2D eigenvalue weighted by atomic mass is 10.1. The smallest absolute Gasteiger partial charge is 0.262 e. The summed E-state index contributed by atoms with van der Waals surface area (Å²) >= 11 is 0. The molecule has 1 aliphatic heterocycles. The molecule has 0 N–H and O–H groups in total. The van der Waals surface area contributed by atoms with Gasteiger partial charge < -0.3 is 18.9 Å². The summed E-state index contributed by atoms with van der Waals surface area (Å²) in [4.78, 5) is 0.0633. The molecule has 0 unspecified atom stereocenters. The van der Waals surface area contributed by atoms with Gasteiger partial charge in [0.05, 0.1) is 57.8 Å². The van der Waals surface area contributed by atoms with Gasteiger partial charge in [-0.05, 0) is 11.1 Å². The van der Waals surface area contributed by atoms with Crippen LogP contribution in [0.3, 0.4) is 0 Å². The van der Waals surface area contributed by atoms with Crippen LogP contribution in [0.1, 0.15) is 11.1 Å². The lowest BCUT2D eigenvalue weighted by Gasteiger charge is -2.13. The third-order valence-electron chi connectivity index (χ3n) is 3.05. The molecule has 1 aliphatic rings. The molecule has 0 atom stereocenters. The Morgan fingerprint density at radius 1 is 0.773 bits per heavy atom. The topological polar surface area (TPSA) is 71.1 Å². The van der Waals surface area contributed by atoms with E-state index in [1.807, 2.05) is 0 Å². The predicted molar refractivity (Wildman–Crippen MR) is 80.4 cm³/mol. The van der Waals surface area contributed by atoms with Gasteiger partial charge in [0.15, 0.2) is 0 Å². The van der Waals surface area contributed by atoms with Crippen LogP contribution in [-0.4, -0.2) is 48.1 Å². The highest BCUT2D eigenvalue weighted by molar-refractivity contribution is 8.13. The summed E-state index contributed by atoms with van der Waals surface area (Å²) in [7, 11) is 1.68. The van der Waals surface area contributed by atoms with E-state index in [1.165, 1.54) is 0 Å². The number of hydrogen-bond donors (Lipinski definition) is 0. The predicted octanol–water partition coefficient (Wildman–Crippen LogP) is 1.69. The van der Waals surface area contributed by atoms with E-state index < -0.39 is 9.05 Å². The first-order valence-electron chi connectivity index (χ1n) is 6.95. The molecule has 0 saturated carbocycles. The molecule has 1 aromatic carbocycles. The van der Waals surface area contributed by atoms with Crippen molar-refractivity contribution in [3.8, 4) is 0 Å². The van der Waals surface area contributed by atoms with E-state index in [0.717, 1.165) is 0 Å². The Labute approximate surface area is 134 Å². The van der Waals surface area contributed by atoms with Gasteiger partial charge in [-0.15, -0.1) is 0 Å². The molecule has 2 bridgehead atoms. The molecule has 2 rings (SSSR count). The Bertz CT molecular complexity index is 542. The Hall–Kier alpha value is -0.700. The van der Waals surface area contributed by atoms with E-state index >= 15 is 0 Å². The largest absolute Gasteiger partial charge is 0.377 e. The molecule has 6 nitrogen and oxygen atoms in total. The van der Waals surface area contributed by atoms with Crippen molar-refractivity contribution < 1.29 is 27.4 Å². The maximum Gasteiger partial charge on any atom is 0.262 e. The Balaban J connectivity index is 2.20. The van der Waals surface area contributed by atoms with Crippen LogP contribution >= 0.6 is 10.7 Å². The fraction of sp³-hybridized carbons (Fsp3) is 0.571. The van der Waals surface area contributed by atoms with E-state index in [9.17, 15) is 8.42 Å². The lowest BCUT2D eigenvalue weighted by molar-refractivity contribution is -0.00523. The average molecular weight is 351 g/mol. The van der Waals surface area contributed by atoms with E-state index in [4.69, 9.17) is 29.6 Å². The zero-order chi connectivity index (χ0) is 15.8. The summed E-state index contributed by atoms with van der Waals surface area (Å²) in [5.74, 6) is 0. The third-order valence-corrected chi connectivity index (χ3v) is 4.53. The third kappa shape index (κ3) is 5.49. The first-order chi connectivity index (χ1) is 10.6. The molecular weight excluding hydrogens is 332 g/mol. The van der Waals surface area contributed by atoms with Crippen LogP contribution in [0.4, 0.5) is 0 Å². The van der Waals surface area contributed by atoms with Gasteiger partial charge in [0.2, 0.25) is 0 Å². The molecule has 0 spiro atoms. The molecule has 0 radical (unpaired) electrons. The van der Waals surface area contributed by atoms with E-state index in [2.05, 4.69) is 0 Å². The van der Waals surface area contributed by atoms with E-state index in [-0.39, 0.29) is 18.1 Å². The van der Waals surface area contributed by atoms with Crippen molar-refractivity contribution in [2.75, 3.05) is 39.6 Å². The van der Waals surface area contributed by atoms with Gasteiger partial charge in [-0.3, -0.25) is 0 Å². The van der Waals surface area contributed by atoms with Gasteiger partial charge in [0.1, 0.15) is 0 Å². The zero-order valence-corrected chi connectivity index (χ0v) is 13.7. The second-order valence-corrected chi connectivity index (χ2v) is 7.18. The van der Waals surface area contributed by atoms with Crippen molar-refractivity contribution in [3.05, 3.63) is 29.3 Å². The Kier molecular flexibility index (Phi) is 7.07. The summed E-state index contributed by atoms with van der Waals surface area (Å²) in [6.45, 7) is 2.83. The van der Waals surface area contributed by atoms with Gasteiger partial charge in [-0.1, -0.05) is 18.2 Å². The number of fused-ring (bicyclic) bond motifs is 2. The van der Waals surface area contributed by atoms with Crippen molar-refractivity contribution >= 4 is 19.7 Å². The number of hydrogen-bond acceptors (Lipinski definition) is 6. The second-order valence-electron chi connectivity index (χ2n) is 4.67. The Morgan fingerprint density at radius 3 is 1.59 bits per heavy atom. The molecule has 1 aromatic rings. The fourth-order valence-corrected chi connectivity index (χ4v) is 3.58. The summed E-state index contributed by atoms with van der Waals surface area (Å²) in [5.41, 5.74) is 1.03. The van der Waals surface area contributed by atoms with Crippen molar-refractivity contribution in [2.45, 2.75) is 18.1 Å². The monoisotopic (exact) mass is 350 g/mol. The molecular formula is C14H19ClO6S. The van der Waals surface area contributed by atoms with Crippen LogP contribution < -0.4 is 0 Å². The first kappa shape index (κ1) is 17.7. The Morgan fingerprint density at radius 2 is 1.18 bits per heavy atom. The SMILES string of the molecule is O=S(=O)(Cl)c1c2cccc1COCCOCCOCCOC2. The second kappa shape index (κ2) is 8.81. The molecule has 0 saturated heterocycles. The quantitative estimate of drug-likeness (QED) is 0.718. The van der Waals surface area contributed by atoms with Gasteiger partial charge >= 0.3 is 0 Å². The normalized spacial score (nSPS) is 19.1. The number of rotatable bonds is 1. The summed E-state index contributed by atoms with van der Waals surface area (Å²) in [6.07, 6.45) is 0. The van der Waals surface area contributed by atoms with Crippen LogP contribution in [0, 0.1) is 0 Å². The standard InChI is InChI=1S/C14H19ClO6S/c15-22(16,17)14-12-2-1-3-13(14)11-21-9-7-19-5-4-18-6-8-20-10-12/h1-3H,4-11H2. The van der Waals surface area contributed by atoms with Crippen molar-refractivity contribution in [2.24, 2.45) is 0 Å². The lowest BCUT2D eigenvalue weighted by Crippen LogP contribution is -2.11. The maximum atomic E-state index is 11.9.